The van der Waals surface area contributed by atoms with Crippen molar-refractivity contribution in [2.24, 2.45) is 10.1 Å². The molecule has 0 saturated heterocycles. The van der Waals surface area contributed by atoms with Crippen molar-refractivity contribution in [2.75, 3.05) is 19.8 Å². The first kappa shape index (κ1) is 30.1. The Morgan fingerprint density at radius 1 is 1.12 bits per heavy atom. The first-order chi connectivity index (χ1) is 20.0. The lowest BCUT2D eigenvalue weighted by molar-refractivity contribution is -0.128. The van der Waals surface area contributed by atoms with E-state index in [2.05, 4.69) is 38.2 Å². The monoisotopic (exact) mass is 619 g/mol. The van der Waals surface area contributed by atoms with Gasteiger partial charge in [-0.3, -0.25) is 4.79 Å². The van der Waals surface area contributed by atoms with E-state index in [1.54, 1.807) is 12.1 Å². The normalized spacial score (nSPS) is 17.7. The number of unbranched alkanes of at least 4 members (excludes halogenated alkanes) is 2. The molecule has 3 aromatic rings. The number of ether oxygens (including phenoxy) is 2. The number of amides is 1. The van der Waals surface area contributed by atoms with Crippen molar-refractivity contribution in [3.05, 3.63) is 104 Å². The number of azide groups is 1. The molecule has 0 bridgehead atoms. The summed E-state index contributed by atoms with van der Waals surface area (Å²) in [5, 5.41) is 16.0. The minimum atomic E-state index is -1.37. The zero-order valence-corrected chi connectivity index (χ0v) is 24.6. The molecule has 0 unspecified atom stereocenters. The first-order valence-electron chi connectivity index (χ1n) is 13.8. The summed E-state index contributed by atoms with van der Waals surface area (Å²) >= 11 is 3.50. The lowest BCUT2D eigenvalue weighted by atomic mass is 9.81. The molecule has 1 heterocycles. The minimum Gasteiger partial charge on any atom is -0.494 e. The summed E-state index contributed by atoms with van der Waals surface area (Å²) < 4.78 is 13.1. The molecule has 1 aliphatic rings. The molecular weight excluding hydrogens is 586 g/mol. The Morgan fingerprint density at radius 3 is 2.59 bits per heavy atom. The number of nitrogens with one attached hydrogen (secondary N) is 1. The average molecular weight is 621 g/mol. The molecule has 0 saturated carbocycles. The molecule has 9 nitrogen and oxygen atoms in total. The summed E-state index contributed by atoms with van der Waals surface area (Å²) in [7, 11) is 0. The topological polar surface area (TPSA) is 129 Å². The number of aliphatic hydroxyl groups excluding tert-OH is 1. The van der Waals surface area contributed by atoms with Crippen LogP contribution in [0.15, 0.2) is 87.4 Å². The fourth-order valence-electron chi connectivity index (χ4n) is 4.75. The zero-order chi connectivity index (χ0) is 29.1. The Hall–Kier alpha value is -3.85. The smallest absolute Gasteiger partial charge is 0.252 e. The van der Waals surface area contributed by atoms with Gasteiger partial charge in [-0.2, -0.15) is 0 Å². The Bertz CT molecular complexity index is 1390. The standard InChI is InChI=1S/C31H34BrN5O4/c1-2-3-6-18-34-30(39)31(21-24-8-4-5-9-27(24)36-37-33)28(22-10-14-25(32)15-11-22)41-29(35-31)23-12-16-26(17-13-23)40-20-7-19-38/h4-5,8-17,28,38H,2-3,6-7,18-21H2,1H3,(H,34,39)/t28-,31-/m1/s1. The van der Waals surface area contributed by atoms with Gasteiger partial charge in [0.25, 0.3) is 5.91 Å². The lowest BCUT2D eigenvalue weighted by Gasteiger charge is -2.31. The Morgan fingerprint density at radius 2 is 1.88 bits per heavy atom. The molecule has 41 heavy (non-hydrogen) atoms. The van der Waals surface area contributed by atoms with E-state index in [0.29, 0.717) is 48.0 Å². The van der Waals surface area contributed by atoms with Crippen LogP contribution >= 0.6 is 15.9 Å². The molecule has 2 N–H and O–H groups in total. The summed E-state index contributed by atoms with van der Waals surface area (Å²) in [6.45, 7) is 3.10. The van der Waals surface area contributed by atoms with Gasteiger partial charge in [0, 0.05) is 46.6 Å². The van der Waals surface area contributed by atoms with Crippen LogP contribution in [0.1, 0.15) is 55.4 Å². The predicted octanol–water partition coefficient (Wildman–Crippen LogP) is 6.96. The summed E-state index contributed by atoms with van der Waals surface area (Å²) in [5.41, 5.74) is 10.4. The SMILES string of the molecule is CCCCCNC(=O)[C@]1(Cc2ccccc2N=[N+]=[N-])N=C(c2ccc(OCCCO)cc2)O[C@@H]1c1ccc(Br)cc1. The molecule has 4 rings (SSSR count). The van der Waals surface area contributed by atoms with E-state index >= 15 is 0 Å². The van der Waals surface area contributed by atoms with E-state index in [-0.39, 0.29) is 18.9 Å². The van der Waals surface area contributed by atoms with Gasteiger partial charge in [0.15, 0.2) is 11.6 Å². The summed E-state index contributed by atoms with van der Waals surface area (Å²) in [6.07, 6.45) is 2.85. The minimum absolute atomic E-state index is 0.0611. The number of carbonyl (C=O) groups is 1. The van der Waals surface area contributed by atoms with Crippen molar-refractivity contribution in [1.29, 1.82) is 0 Å². The van der Waals surface area contributed by atoms with Crippen LogP contribution in [0, 0.1) is 0 Å². The molecule has 0 spiro atoms. The molecular formula is C31H34BrN5O4. The number of aliphatic hydroxyl groups is 1. The quantitative estimate of drug-likeness (QED) is 0.0874. The third kappa shape index (κ3) is 7.47. The van der Waals surface area contributed by atoms with Gasteiger partial charge < -0.3 is 19.9 Å². The summed E-state index contributed by atoms with van der Waals surface area (Å²) in [4.78, 5) is 22.2. The van der Waals surface area contributed by atoms with Crippen LogP contribution in [-0.2, 0) is 16.0 Å². The van der Waals surface area contributed by atoms with Crippen LogP contribution in [0.4, 0.5) is 5.69 Å². The maximum atomic E-state index is 14.2. The third-order valence-corrected chi connectivity index (χ3v) is 7.40. The van der Waals surface area contributed by atoms with Gasteiger partial charge in [-0.25, -0.2) is 4.99 Å². The Labute approximate surface area is 248 Å². The van der Waals surface area contributed by atoms with Crippen LogP contribution in [0.25, 0.3) is 10.4 Å². The number of carbonyl (C=O) groups excluding carboxylic acids is 1. The second-order valence-corrected chi connectivity index (χ2v) is 10.7. The Kier molecular flexibility index (Phi) is 10.8. The molecule has 0 radical (unpaired) electrons. The maximum Gasteiger partial charge on any atom is 0.252 e. The molecule has 0 aromatic heterocycles. The lowest BCUT2D eigenvalue weighted by Crippen LogP contribution is -2.50. The van der Waals surface area contributed by atoms with Crippen molar-refractivity contribution in [3.8, 4) is 5.75 Å². The predicted molar refractivity (Wildman–Crippen MR) is 162 cm³/mol. The average Bonchev–Trinajstić information content (AvgIpc) is 3.37. The molecule has 3 aromatic carbocycles. The molecule has 2 atom stereocenters. The molecule has 214 valence electrons. The number of halogens is 1. The number of nitrogens with zero attached hydrogens (tertiary/aromatic N) is 4. The van der Waals surface area contributed by atoms with Gasteiger partial charge in [-0.05, 0) is 59.5 Å². The van der Waals surface area contributed by atoms with E-state index in [9.17, 15) is 10.3 Å². The van der Waals surface area contributed by atoms with Gasteiger partial charge >= 0.3 is 0 Å². The summed E-state index contributed by atoms with van der Waals surface area (Å²) in [6, 6.07) is 22.2. The van der Waals surface area contributed by atoms with Crippen molar-refractivity contribution < 1.29 is 19.4 Å². The van der Waals surface area contributed by atoms with Gasteiger partial charge in [0.05, 0.1) is 6.61 Å². The fraction of sp³-hybridized carbons (Fsp3) is 0.355. The van der Waals surface area contributed by atoms with Gasteiger partial charge in [-0.1, -0.05) is 77.2 Å². The van der Waals surface area contributed by atoms with Crippen LogP contribution in [0.5, 0.6) is 5.75 Å². The molecule has 0 aliphatic carbocycles. The molecule has 1 aliphatic heterocycles. The van der Waals surface area contributed by atoms with E-state index in [4.69, 9.17) is 19.6 Å². The molecule has 0 fully saturated rings. The first-order valence-corrected chi connectivity index (χ1v) is 14.6. The maximum absolute atomic E-state index is 14.2. The number of benzene rings is 3. The number of hydrogen-bond acceptors (Lipinski definition) is 6. The number of hydrogen-bond donors (Lipinski definition) is 2. The second-order valence-electron chi connectivity index (χ2n) is 9.80. The highest BCUT2D eigenvalue weighted by atomic mass is 79.9. The van der Waals surface area contributed by atoms with E-state index in [1.165, 1.54) is 0 Å². The largest absolute Gasteiger partial charge is 0.494 e. The molecule has 1 amide bonds. The Balaban J connectivity index is 1.79. The zero-order valence-electron chi connectivity index (χ0n) is 23.0. The van der Waals surface area contributed by atoms with Gasteiger partial charge in [0.2, 0.25) is 5.90 Å². The highest BCUT2D eigenvalue weighted by Crippen LogP contribution is 2.44. The third-order valence-electron chi connectivity index (χ3n) is 6.87. The highest BCUT2D eigenvalue weighted by molar-refractivity contribution is 9.10. The van der Waals surface area contributed by atoms with E-state index < -0.39 is 11.6 Å². The van der Waals surface area contributed by atoms with Gasteiger partial charge in [-0.15, -0.1) is 0 Å². The van der Waals surface area contributed by atoms with Crippen molar-refractivity contribution >= 4 is 33.4 Å². The van der Waals surface area contributed by atoms with Crippen molar-refractivity contribution in [1.82, 2.24) is 5.32 Å². The van der Waals surface area contributed by atoms with Crippen molar-refractivity contribution in [3.63, 3.8) is 0 Å². The summed E-state index contributed by atoms with van der Waals surface area (Å²) in [5.74, 6) is 0.745. The fourth-order valence-corrected chi connectivity index (χ4v) is 5.01. The number of aliphatic imine (C=N–C) groups is 1. The second kappa shape index (κ2) is 14.7. The van der Waals surface area contributed by atoms with E-state index in [0.717, 1.165) is 29.3 Å². The van der Waals surface area contributed by atoms with Crippen LogP contribution < -0.4 is 10.1 Å². The van der Waals surface area contributed by atoms with Crippen LogP contribution in [0.3, 0.4) is 0 Å². The molecule has 10 heteroatoms. The van der Waals surface area contributed by atoms with Gasteiger partial charge in [0.1, 0.15) is 5.75 Å². The number of rotatable bonds is 14. The van der Waals surface area contributed by atoms with E-state index in [1.807, 2.05) is 60.7 Å². The van der Waals surface area contributed by atoms with Crippen molar-refractivity contribution in [2.45, 2.75) is 50.7 Å². The van der Waals surface area contributed by atoms with Crippen LogP contribution in [0.2, 0.25) is 0 Å². The highest BCUT2D eigenvalue weighted by Gasteiger charge is 2.53. The van der Waals surface area contributed by atoms with Crippen LogP contribution in [-0.4, -0.2) is 42.2 Å².